The van der Waals surface area contributed by atoms with Gasteiger partial charge in [0.25, 0.3) is 5.91 Å². The van der Waals surface area contributed by atoms with Gasteiger partial charge in [-0.3, -0.25) is 4.79 Å². The van der Waals surface area contributed by atoms with Gasteiger partial charge in [-0.2, -0.15) is 0 Å². The van der Waals surface area contributed by atoms with Gasteiger partial charge in [-0.25, -0.2) is 0 Å². The van der Waals surface area contributed by atoms with Gasteiger partial charge in [-0.1, -0.05) is 31.5 Å². The Morgan fingerprint density at radius 2 is 2.16 bits per heavy atom. The Kier molecular flexibility index (Phi) is 7.42. The number of carbonyl (C=O) groups is 1. The summed E-state index contributed by atoms with van der Waals surface area (Å²) in [6.45, 7) is 6.04. The molecule has 1 aromatic carbocycles. The summed E-state index contributed by atoms with van der Waals surface area (Å²) in [5, 5.41) is 3.22. The molecule has 0 saturated heterocycles. The molecule has 0 saturated carbocycles. The SMILES string of the molecule is CC(C)CCOCCNC(=O)c1cccc(Br)c1Cl. The van der Waals surface area contributed by atoms with E-state index in [-0.39, 0.29) is 5.91 Å². The molecule has 0 atom stereocenters. The molecule has 0 aliphatic heterocycles. The zero-order valence-electron chi connectivity index (χ0n) is 11.2. The van der Waals surface area contributed by atoms with Crippen LogP contribution >= 0.6 is 27.5 Å². The van der Waals surface area contributed by atoms with Crippen LogP contribution in [0.25, 0.3) is 0 Å². The summed E-state index contributed by atoms with van der Waals surface area (Å²) in [7, 11) is 0. The van der Waals surface area contributed by atoms with E-state index in [1.165, 1.54) is 0 Å². The lowest BCUT2D eigenvalue weighted by Crippen LogP contribution is -2.27. The second-order valence-corrected chi connectivity index (χ2v) is 5.88. The first-order valence-corrected chi connectivity index (χ1v) is 7.49. The van der Waals surface area contributed by atoms with Crippen LogP contribution in [0.5, 0.6) is 0 Å². The smallest absolute Gasteiger partial charge is 0.252 e. The highest BCUT2D eigenvalue weighted by molar-refractivity contribution is 9.10. The van der Waals surface area contributed by atoms with E-state index in [2.05, 4.69) is 35.1 Å². The Balaban J connectivity index is 2.30. The maximum Gasteiger partial charge on any atom is 0.252 e. The highest BCUT2D eigenvalue weighted by atomic mass is 79.9. The molecule has 1 aromatic rings. The van der Waals surface area contributed by atoms with Crippen LogP contribution in [-0.4, -0.2) is 25.7 Å². The standard InChI is InChI=1S/C14H19BrClNO2/c1-10(2)6-8-19-9-7-17-14(18)11-4-3-5-12(15)13(11)16/h3-5,10H,6-9H2,1-2H3,(H,17,18). The van der Waals surface area contributed by atoms with Crippen molar-refractivity contribution < 1.29 is 9.53 Å². The Morgan fingerprint density at radius 3 is 2.84 bits per heavy atom. The summed E-state index contributed by atoms with van der Waals surface area (Å²) in [5.41, 5.74) is 0.471. The fraction of sp³-hybridized carbons (Fsp3) is 0.500. The van der Waals surface area contributed by atoms with Crippen molar-refractivity contribution in [1.29, 1.82) is 0 Å². The number of rotatable bonds is 7. The molecule has 0 aliphatic rings. The molecule has 106 valence electrons. The quantitative estimate of drug-likeness (QED) is 0.759. The fourth-order valence-corrected chi connectivity index (χ4v) is 2.01. The molecule has 0 unspecified atom stereocenters. The second kappa shape index (κ2) is 8.56. The zero-order valence-corrected chi connectivity index (χ0v) is 13.6. The summed E-state index contributed by atoms with van der Waals surface area (Å²) in [4.78, 5) is 11.9. The zero-order chi connectivity index (χ0) is 14.3. The number of ether oxygens (including phenoxy) is 1. The first kappa shape index (κ1) is 16.5. The highest BCUT2D eigenvalue weighted by Gasteiger charge is 2.11. The molecule has 3 nitrogen and oxygen atoms in total. The van der Waals surface area contributed by atoms with Crippen molar-refractivity contribution >= 4 is 33.4 Å². The number of hydrogen-bond acceptors (Lipinski definition) is 2. The van der Waals surface area contributed by atoms with Gasteiger partial charge in [0.2, 0.25) is 0 Å². The number of nitrogens with one attached hydrogen (secondary N) is 1. The summed E-state index contributed by atoms with van der Waals surface area (Å²) in [6, 6.07) is 5.28. The van der Waals surface area contributed by atoms with E-state index in [4.69, 9.17) is 16.3 Å². The normalized spacial score (nSPS) is 10.8. The molecule has 0 bridgehead atoms. The molecule has 1 rings (SSSR count). The Labute approximate surface area is 127 Å². The fourth-order valence-electron chi connectivity index (χ4n) is 1.43. The molecule has 0 radical (unpaired) electrons. The molecule has 0 aliphatic carbocycles. The van der Waals surface area contributed by atoms with Gasteiger partial charge in [0.15, 0.2) is 0 Å². The number of amides is 1. The van der Waals surface area contributed by atoms with Gasteiger partial charge in [-0.05, 0) is 40.4 Å². The van der Waals surface area contributed by atoms with Crippen molar-refractivity contribution in [1.82, 2.24) is 5.32 Å². The maximum atomic E-state index is 11.9. The average Bonchev–Trinajstić information content (AvgIpc) is 2.36. The maximum absolute atomic E-state index is 11.9. The van der Waals surface area contributed by atoms with Crippen LogP contribution < -0.4 is 5.32 Å². The molecule has 19 heavy (non-hydrogen) atoms. The van der Waals surface area contributed by atoms with Gasteiger partial charge in [0.05, 0.1) is 17.2 Å². The Morgan fingerprint density at radius 1 is 1.42 bits per heavy atom. The summed E-state index contributed by atoms with van der Waals surface area (Å²) >= 11 is 9.34. The highest BCUT2D eigenvalue weighted by Crippen LogP contribution is 2.25. The van der Waals surface area contributed by atoms with E-state index in [1.54, 1.807) is 18.2 Å². The molecule has 0 fully saturated rings. The predicted octanol–water partition coefficient (Wildman–Crippen LogP) is 3.90. The first-order valence-electron chi connectivity index (χ1n) is 6.32. The van der Waals surface area contributed by atoms with E-state index in [0.29, 0.717) is 29.7 Å². The average molecular weight is 349 g/mol. The van der Waals surface area contributed by atoms with Crippen molar-refractivity contribution in [3.8, 4) is 0 Å². The molecule has 5 heteroatoms. The van der Waals surface area contributed by atoms with Gasteiger partial charge in [-0.15, -0.1) is 0 Å². The molecule has 1 amide bonds. The molecule has 0 heterocycles. The number of carbonyl (C=O) groups excluding carboxylic acids is 1. The lowest BCUT2D eigenvalue weighted by Gasteiger charge is -2.09. The third-order valence-corrected chi connectivity index (χ3v) is 3.86. The minimum atomic E-state index is -0.182. The topological polar surface area (TPSA) is 38.3 Å². The van der Waals surface area contributed by atoms with Crippen LogP contribution in [-0.2, 0) is 4.74 Å². The summed E-state index contributed by atoms with van der Waals surface area (Å²) in [6.07, 6.45) is 1.03. The van der Waals surface area contributed by atoms with Crippen LogP contribution in [0.1, 0.15) is 30.6 Å². The van der Waals surface area contributed by atoms with Crippen LogP contribution in [0, 0.1) is 5.92 Å². The second-order valence-electron chi connectivity index (χ2n) is 4.65. The van der Waals surface area contributed by atoms with Gasteiger partial charge < -0.3 is 10.1 Å². The van der Waals surface area contributed by atoms with E-state index in [1.807, 2.05) is 0 Å². The van der Waals surface area contributed by atoms with E-state index >= 15 is 0 Å². The van der Waals surface area contributed by atoms with Crippen molar-refractivity contribution in [2.45, 2.75) is 20.3 Å². The van der Waals surface area contributed by atoms with E-state index < -0.39 is 0 Å². The third-order valence-electron chi connectivity index (χ3n) is 2.57. The molecular weight excluding hydrogens is 330 g/mol. The first-order chi connectivity index (χ1) is 9.02. The van der Waals surface area contributed by atoms with E-state index in [9.17, 15) is 4.79 Å². The van der Waals surface area contributed by atoms with Crippen LogP contribution in [0.4, 0.5) is 0 Å². The summed E-state index contributed by atoms with van der Waals surface area (Å²) < 4.78 is 6.15. The van der Waals surface area contributed by atoms with Crippen LogP contribution in [0.3, 0.4) is 0 Å². The van der Waals surface area contributed by atoms with Crippen molar-refractivity contribution in [3.05, 3.63) is 33.3 Å². The third kappa shape index (κ3) is 5.93. The lowest BCUT2D eigenvalue weighted by atomic mass is 10.1. The van der Waals surface area contributed by atoms with Gasteiger partial charge >= 0.3 is 0 Å². The van der Waals surface area contributed by atoms with Crippen molar-refractivity contribution in [3.63, 3.8) is 0 Å². The molecule has 1 N–H and O–H groups in total. The van der Waals surface area contributed by atoms with Crippen molar-refractivity contribution in [2.24, 2.45) is 5.92 Å². The molecule has 0 spiro atoms. The van der Waals surface area contributed by atoms with Crippen LogP contribution in [0.15, 0.2) is 22.7 Å². The summed E-state index contributed by atoms with van der Waals surface area (Å²) in [5.74, 6) is 0.453. The van der Waals surface area contributed by atoms with Crippen molar-refractivity contribution in [2.75, 3.05) is 19.8 Å². The largest absolute Gasteiger partial charge is 0.380 e. The number of halogens is 2. The minimum absolute atomic E-state index is 0.182. The number of benzene rings is 1. The molecular formula is C14H19BrClNO2. The Bertz CT molecular complexity index is 424. The van der Waals surface area contributed by atoms with Crippen LogP contribution in [0.2, 0.25) is 5.02 Å². The number of hydrogen-bond donors (Lipinski definition) is 1. The molecule has 0 aromatic heterocycles. The van der Waals surface area contributed by atoms with Gasteiger partial charge in [0.1, 0.15) is 0 Å². The Hall–Kier alpha value is -0.580. The monoisotopic (exact) mass is 347 g/mol. The lowest BCUT2D eigenvalue weighted by molar-refractivity contribution is 0.0906. The predicted molar refractivity (Wildman–Crippen MR) is 81.8 cm³/mol. The minimum Gasteiger partial charge on any atom is -0.380 e. The van der Waals surface area contributed by atoms with E-state index in [0.717, 1.165) is 17.5 Å². The van der Waals surface area contributed by atoms with Gasteiger partial charge in [0, 0.05) is 17.6 Å².